The maximum atomic E-state index is 13.2. The molecule has 172 valence electrons. The predicted molar refractivity (Wildman–Crippen MR) is 116 cm³/mol. The first-order chi connectivity index (χ1) is 14.8. The molecule has 0 aliphatic carbocycles. The number of methoxy groups -OCH3 is 1. The molecule has 0 unspecified atom stereocenters. The van der Waals surface area contributed by atoms with Crippen molar-refractivity contribution in [3.63, 3.8) is 0 Å². The second-order valence-corrected chi connectivity index (χ2v) is 9.49. The third-order valence-electron chi connectivity index (χ3n) is 4.09. The summed E-state index contributed by atoms with van der Waals surface area (Å²) in [6.07, 6.45) is -0.860. The number of amides is 1. The summed E-state index contributed by atoms with van der Waals surface area (Å²) in [6.45, 7) is 4.96. The molecular weight excluding hydrogens is 442 g/mol. The van der Waals surface area contributed by atoms with Crippen LogP contribution in [0.1, 0.15) is 31.1 Å². The highest BCUT2D eigenvalue weighted by molar-refractivity contribution is 7.93. The number of hydrogen-bond acceptors (Lipinski definition) is 8. The maximum absolute atomic E-state index is 13.2. The van der Waals surface area contributed by atoms with Crippen molar-refractivity contribution in [2.75, 3.05) is 23.8 Å². The highest BCUT2D eigenvalue weighted by atomic mass is 32.2. The molecule has 0 bridgehead atoms. The van der Waals surface area contributed by atoms with Crippen molar-refractivity contribution in [1.82, 2.24) is 0 Å². The minimum atomic E-state index is -4.46. The Labute approximate surface area is 185 Å². The lowest BCUT2D eigenvalue weighted by molar-refractivity contribution is -0.387. The quantitative estimate of drug-likeness (QED) is 0.387. The molecule has 1 N–H and O–H groups in total. The lowest BCUT2D eigenvalue weighted by atomic mass is 10.1. The molecule has 2 aromatic rings. The minimum absolute atomic E-state index is 0.00171. The summed E-state index contributed by atoms with van der Waals surface area (Å²) in [5.41, 5.74) is -1.57. The van der Waals surface area contributed by atoms with Crippen LogP contribution >= 0.6 is 0 Å². The topological polar surface area (TPSA) is 145 Å². The van der Waals surface area contributed by atoms with Gasteiger partial charge >= 0.3 is 12.1 Å². The molecule has 12 heteroatoms. The number of ether oxygens (including phenoxy) is 2. The molecule has 2 aromatic carbocycles. The van der Waals surface area contributed by atoms with Crippen LogP contribution in [0.15, 0.2) is 47.4 Å². The monoisotopic (exact) mass is 465 g/mol. The number of nitrogens with zero attached hydrogens (tertiary/aromatic N) is 2. The molecule has 0 heterocycles. The number of nitrogens with one attached hydrogen (secondary N) is 1. The number of anilines is 2. The van der Waals surface area contributed by atoms with Crippen LogP contribution in [0.4, 0.5) is 21.9 Å². The van der Waals surface area contributed by atoms with E-state index >= 15 is 0 Å². The molecule has 0 aliphatic rings. The summed E-state index contributed by atoms with van der Waals surface area (Å²) in [5.74, 6) is -0.744. The van der Waals surface area contributed by atoms with E-state index in [0.29, 0.717) is 0 Å². The first-order valence-corrected chi connectivity index (χ1v) is 10.7. The normalized spacial score (nSPS) is 11.4. The van der Waals surface area contributed by atoms with E-state index in [-0.39, 0.29) is 16.9 Å². The first kappa shape index (κ1) is 24.6. The van der Waals surface area contributed by atoms with Gasteiger partial charge < -0.3 is 9.47 Å². The van der Waals surface area contributed by atoms with Gasteiger partial charge in [-0.05, 0) is 45.0 Å². The number of para-hydroxylation sites is 1. The molecule has 0 radical (unpaired) electrons. The third-order valence-corrected chi connectivity index (χ3v) is 5.91. The van der Waals surface area contributed by atoms with Crippen LogP contribution in [0.25, 0.3) is 0 Å². The van der Waals surface area contributed by atoms with Gasteiger partial charge in [-0.1, -0.05) is 12.1 Å². The molecule has 32 heavy (non-hydrogen) atoms. The molecule has 0 atom stereocenters. The largest absolute Gasteiger partial charge is 0.465 e. The van der Waals surface area contributed by atoms with E-state index in [2.05, 4.69) is 10.1 Å². The Bertz CT molecular complexity index is 1160. The summed E-state index contributed by atoms with van der Waals surface area (Å²) >= 11 is 0. The van der Waals surface area contributed by atoms with Gasteiger partial charge in [0, 0.05) is 13.1 Å². The van der Waals surface area contributed by atoms with Gasteiger partial charge in [-0.25, -0.2) is 18.0 Å². The Balaban J connectivity index is 2.61. The van der Waals surface area contributed by atoms with E-state index in [9.17, 15) is 28.1 Å². The van der Waals surface area contributed by atoms with E-state index in [1.807, 2.05) is 0 Å². The number of nitro benzene ring substituents is 1. The Morgan fingerprint density at radius 1 is 1.12 bits per heavy atom. The minimum Gasteiger partial charge on any atom is -0.465 e. The van der Waals surface area contributed by atoms with Crippen molar-refractivity contribution in [2.24, 2.45) is 0 Å². The number of hydrogen-bond donors (Lipinski definition) is 1. The van der Waals surface area contributed by atoms with Crippen LogP contribution in [0.5, 0.6) is 0 Å². The summed E-state index contributed by atoms with van der Waals surface area (Å²) in [7, 11) is -2.17. The number of carbonyl (C=O) groups excluding carboxylic acids is 2. The van der Waals surface area contributed by atoms with Crippen molar-refractivity contribution in [1.29, 1.82) is 0 Å². The van der Waals surface area contributed by atoms with Crippen LogP contribution in [0.2, 0.25) is 0 Å². The van der Waals surface area contributed by atoms with Gasteiger partial charge in [-0.15, -0.1) is 0 Å². The highest BCUT2D eigenvalue weighted by Gasteiger charge is 2.31. The number of benzene rings is 2. The van der Waals surface area contributed by atoms with Crippen molar-refractivity contribution in [2.45, 2.75) is 31.3 Å². The van der Waals surface area contributed by atoms with E-state index < -0.39 is 43.2 Å². The zero-order chi connectivity index (χ0) is 24.3. The van der Waals surface area contributed by atoms with E-state index in [1.165, 1.54) is 30.3 Å². The van der Waals surface area contributed by atoms with Gasteiger partial charge in [0.1, 0.15) is 5.60 Å². The van der Waals surface area contributed by atoms with Gasteiger partial charge in [0.05, 0.1) is 29.0 Å². The van der Waals surface area contributed by atoms with E-state index in [1.54, 1.807) is 20.8 Å². The summed E-state index contributed by atoms with van der Waals surface area (Å²) in [4.78, 5) is 34.2. The van der Waals surface area contributed by atoms with Crippen molar-refractivity contribution in [3.8, 4) is 0 Å². The molecule has 11 nitrogen and oxygen atoms in total. The number of rotatable bonds is 6. The first-order valence-electron chi connectivity index (χ1n) is 9.22. The van der Waals surface area contributed by atoms with Crippen LogP contribution in [0.3, 0.4) is 0 Å². The zero-order valence-corrected chi connectivity index (χ0v) is 18.9. The molecular formula is C20H23N3O8S. The molecule has 0 saturated heterocycles. The highest BCUT2D eigenvalue weighted by Crippen LogP contribution is 2.34. The summed E-state index contributed by atoms with van der Waals surface area (Å²) < 4.78 is 37.1. The lowest BCUT2D eigenvalue weighted by Gasteiger charge is -2.24. The summed E-state index contributed by atoms with van der Waals surface area (Å²) in [6, 6.07) is 8.65. The fourth-order valence-corrected chi connectivity index (χ4v) is 4.02. The second kappa shape index (κ2) is 9.22. The Hall–Kier alpha value is -3.67. The molecule has 0 saturated carbocycles. The Morgan fingerprint density at radius 2 is 1.75 bits per heavy atom. The standard InChI is InChI=1S/C20H23N3O8S/c1-20(2,3)31-19(25)21-14-11-10-13(18(24)30-5)12-16(14)22(4)32(28,29)17-9-7-6-8-15(17)23(26)27/h6-12H,1-5H3,(H,21,25). The Morgan fingerprint density at radius 3 is 2.31 bits per heavy atom. The number of nitro groups is 1. The van der Waals surface area contributed by atoms with Crippen LogP contribution in [-0.2, 0) is 19.5 Å². The van der Waals surface area contributed by atoms with E-state index in [4.69, 9.17) is 4.74 Å². The van der Waals surface area contributed by atoms with E-state index in [0.717, 1.165) is 30.6 Å². The van der Waals surface area contributed by atoms with Crippen molar-refractivity contribution >= 4 is 39.1 Å². The smallest absolute Gasteiger partial charge is 0.412 e. The fourth-order valence-electron chi connectivity index (χ4n) is 2.66. The van der Waals surface area contributed by atoms with Gasteiger partial charge in [0.2, 0.25) is 0 Å². The molecule has 2 rings (SSSR count). The van der Waals surface area contributed by atoms with Crippen LogP contribution in [-0.4, -0.2) is 45.2 Å². The third kappa shape index (κ3) is 5.52. The second-order valence-electron chi connectivity index (χ2n) is 7.55. The number of esters is 1. The number of carbonyl (C=O) groups is 2. The molecule has 0 spiro atoms. The van der Waals surface area contributed by atoms with Gasteiger partial charge in [-0.2, -0.15) is 0 Å². The summed E-state index contributed by atoms with van der Waals surface area (Å²) in [5, 5.41) is 13.8. The van der Waals surface area contributed by atoms with Gasteiger partial charge in [0.15, 0.2) is 4.90 Å². The van der Waals surface area contributed by atoms with Crippen molar-refractivity contribution in [3.05, 3.63) is 58.1 Å². The lowest BCUT2D eigenvalue weighted by Crippen LogP contribution is -2.30. The number of sulfonamides is 1. The average molecular weight is 465 g/mol. The Kier molecular flexibility index (Phi) is 7.09. The fraction of sp³-hybridized carbons (Fsp3) is 0.300. The van der Waals surface area contributed by atoms with Crippen molar-refractivity contribution < 1.29 is 32.4 Å². The van der Waals surface area contributed by atoms with Gasteiger partial charge in [-0.3, -0.25) is 19.7 Å². The van der Waals surface area contributed by atoms with Gasteiger partial charge in [0.25, 0.3) is 15.7 Å². The maximum Gasteiger partial charge on any atom is 0.412 e. The van der Waals surface area contributed by atoms with Crippen LogP contribution < -0.4 is 9.62 Å². The predicted octanol–water partition coefficient (Wildman–Crippen LogP) is 3.55. The molecule has 0 aliphatic heterocycles. The van der Waals surface area contributed by atoms with Crippen LogP contribution in [0, 0.1) is 10.1 Å². The zero-order valence-electron chi connectivity index (χ0n) is 18.1. The molecule has 1 amide bonds. The molecule has 0 fully saturated rings. The molecule has 0 aromatic heterocycles. The average Bonchev–Trinajstić information content (AvgIpc) is 2.71. The SMILES string of the molecule is COC(=O)c1ccc(NC(=O)OC(C)(C)C)c(N(C)S(=O)(=O)c2ccccc2[N+](=O)[O-])c1.